The Morgan fingerprint density at radius 2 is 1.96 bits per heavy atom. The second kappa shape index (κ2) is 5.94. The molecule has 1 amide bonds. The number of nitrogens with zero attached hydrogens (tertiary/aromatic N) is 1. The van der Waals surface area contributed by atoms with E-state index in [1.54, 1.807) is 0 Å². The topological polar surface area (TPSA) is 125 Å². The summed E-state index contributed by atoms with van der Waals surface area (Å²) in [4.78, 5) is 28.1. The van der Waals surface area contributed by atoms with Gasteiger partial charge in [-0.15, -0.1) is 0 Å². The molecular weight excluding hydrogens is 384 g/mol. The number of oxazole rings is 1. The summed E-state index contributed by atoms with van der Waals surface area (Å²) in [5, 5.41) is 2.87. The van der Waals surface area contributed by atoms with Crippen molar-refractivity contribution in [2.45, 2.75) is 23.4 Å². The van der Waals surface area contributed by atoms with E-state index < -0.39 is 27.9 Å². The molecular formula is C18H16N4O5S. The van der Waals surface area contributed by atoms with Crippen LogP contribution >= 0.6 is 0 Å². The van der Waals surface area contributed by atoms with Crippen molar-refractivity contribution in [2.24, 2.45) is 0 Å². The Morgan fingerprint density at radius 3 is 2.82 bits per heavy atom. The highest BCUT2D eigenvalue weighted by molar-refractivity contribution is 7.89. The van der Waals surface area contributed by atoms with Crippen LogP contribution in [0.1, 0.15) is 6.42 Å². The van der Waals surface area contributed by atoms with Gasteiger partial charge in [0.05, 0.1) is 21.8 Å². The maximum Gasteiger partial charge on any atom is 0.417 e. The third-order valence-electron chi connectivity index (χ3n) is 5.10. The molecule has 1 saturated heterocycles. The summed E-state index contributed by atoms with van der Waals surface area (Å²) < 4.78 is 33.2. The zero-order valence-electron chi connectivity index (χ0n) is 14.5. The van der Waals surface area contributed by atoms with Gasteiger partial charge in [-0.3, -0.25) is 9.78 Å². The van der Waals surface area contributed by atoms with Crippen molar-refractivity contribution in [1.29, 1.82) is 0 Å². The van der Waals surface area contributed by atoms with Crippen LogP contribution < -0.4 is 20.7 Å². The van der Waals surface area contributed by atoms with Gasteiger partial charge in [-0.1, -0.05) is 12.1 Å². The molecule has 1 aromatic heterocycles. The number of carbonyl (C=O) groups is 1. The molecule has 3 aromatic rings. The van der Waals surface area contributed by atoms with Crippen LogP contribution in [-0.2, 0) is 14.8 Å². The lowest BCUT2D eigenvalue weighted by Crippen LogP contribution is -2.44. The Balaban J connectivity index is 1.42. The van der Waals surface area contributed by atoms with Gasteiger partial charge in [-0.05, 0) is 36.8 Å². The van der Waals surface area contributed by atoms with Crippen molar-refractivity contribution in [2.75, 3.05) is 16.8 Å². The van der Waals surface area contributed by atoms with E-state index in [1.807, 2.05) is 29.2 Å². The van der Waals surface area contributed by atoms with Gasteiger partial charge in [-0.25, -0.2) is 17.9 Å². The summed E-state index contributed by atoms with van der Waals surface area (Å²) in [7, 11) is -3.84. The largest absolute Gasteiger partial charge is 0.417 e. The monoisotopic (exact) mass is 400 g/mol. The van der Waals surface area contributed by atoms with Gasteiger partial charge in [0, 0.05) is 12.6 Å². The van der Waals surface area contributed by atoms with Gasteiger partial charge in [0.1, 0.15) is 6.04 Å². The number of hydrogen-bond donors (Lipinski definition) is 3. The molecule has 2 atom stereocenters. The number of aromatic nitrogens is 1. The third kappa shape index (κ3) is 2.69. The minimum atomic E-state index is -3.84. The van der Waals surface area contributed by atoms with E-state index in [0.717, 1.165) is 11.4 Å². The SMILES string of the molecule is O=C1Nc2ccccc2N2CC(NS(=O)(=O)c3ccc4oc(=O)[nH]c4c3)CC12. The lowest BCUT2D eigenvalue weighted by atomic mass is 10.1. The van der Waals surface area contributed by atoms with Gasteiger partial charge in [0.25, 0.3) is 0 Å². The Hall–Kier alpha value is -3.11. The maximum absolute atomic E-state index is 12.8. The molecule has 3 heterocycles. The molecule has 0 saturated carbocycles. The highest BCUT2D eigenvalue weighted by atomic mass is 32.2. The normalized spacial score (nSPS) is 21.4. The molecule has 0 bridgehead atoms. The Kier molecular flexibility index (Phi) is 3.61. The van der Waals surface area contributed by atoms with E-state index in [2.05, 4.69) is 15.0 Å². The van der Waals surface area contributed by atoms with E-state index in [9.17, 15) is 18.0 Å². The summed E-state index contributed by atoms with van der Waals surface area (Å²) in [6.07, 6.45) is 0.365. The van der Waals surface area contributed by atoms with Crippen molar-refractivity contribution in [3.63, 3.8) is 0 Å². The van der Waals surface area contributed by atoms with Gasteiger partial charge in [0.15, 0.2) is 5.58 Å². The first kappa shape index (κ1) is 17.0. The van der Waals surface area contributed by atoms with Crippen LogP contribution in [0.25, 0.3) is 11.1 Å². The molecule has 1 fully saturated rings. The Labute approximate surface area is 159 Å². The van der Waals surface area contributed by atoms with Gasteiger partial charge < -0.3 is 14.6 Å². The number of amides is 1. The number of benzene rings is 2. The first-order valence-electron chi connectivity index (χ1n) is 8.72. The van der Waals surface area contributed by atoms with Gasteiger partial charge in [0.2, 0.25) is 15.9 Å². The van der Waals surface area contributed by atoms with Crippen LogP contribution in [0.15, 0.2) is 56.6 Å². The standard InChI is InChI=1S/C18H16N4O5S/c23-17-15-7-10(9-22(15)14-4-2-1-3-12(14)19-17)21-28(25,26)11-5-6-16-13(8-11)20-18(24)27-16/h1-6,8,10,15,21H,7,9H2,(H,19,23)(H,20,24). The molecule has 3 N–H and O–H groups in total. The summed E-state index contributed by atoms with van der Waals surface area (Å²) in [5.41, 5.74) is 2.20. The maximum atomic E-state index is 12.8. The zero-order chi connectivity index (χ0) is 19.5. The Bertz CT molecular complexity index is 1260. The first-order chi connectivity index (χ1) is 13.4. The first-order valence-corrected chi connectivity index (χ1v) is 10.2. The highest BCUT2D eigenvalue weighted by Crippen LogP contribution is 2.36. The third-order valence-corrected chi connectivity index (χ3v) is 6.62. The van der Waals surface area contributed by atoms with E-state index in [1.165, 1.54) is 18.2 Å². The van der Waals surface area contributed by atoms with Crippen molar-refractivity contribution in [3.8, 4) is 0 Å². The second-order valence-electron chi connectivity index (χ2n) is 6.90. The van der Waals surface area contributed by atoms with Crippen molar-refractivity contribution >= 4 is 38.4 Å². The molecule has 144 valence electrons. The zero-order valence-corrected chi connectivity index (χ0v) is 15.3. The minimum Gasteiger partial charge on any atom is -0.408 e. The number of nitrogens with one attached hydrogen (secondary N) is 3. The predicted octanol–water partition coefficient (Wildman–Crippen LogP) is 0.999. The molecule has 2 unspecified atom stereocenters. The molecule has 2 aromatic carbocycles. The number of hydrogen-bond acceptors (Lipinski definition) is 6. The number of rotatable bonds is 3. The molecule has 0 spiro atoms. The fraction of sp³-hybridized carbons (Fsp3) is 0.222. The summed E-state index contributed by atoms with van der Waals surface area (Å²) in [6, 6.07) is 10.8. The van der Waals surface area contributed by atoms with Gasteiger partial charge >= 0.3 is 5.76 Å². The fourth-order valence-corrected chi connectivity index (χ4v) is 5.13. The number of carbonyl (C=O) groups excluding carboxylic acids is 1. The summed E-state index contributed by atoms with van der Waals surface area (Å²) >= 11 is 0. The number of sulfonamides is 1. The smallest absolute Gasteiger partial charge is 0.408 e. The fourth-order valence-electron chi connectivity index (χ4n) is 3.87. The van der Waals surface area contributed by atoms with E-state index in [-0.39, 0.29) is 16.4 Å². The molecule has 2 aliphatic heterocycles. The molecule has 10 heteroatoms. The lowest BCUT2D eigenvalue weighted by molar-refractivity contribution is -0.117. The molecule has 0 radical (unpaired) electrons. The average molecular weight is 400 g/mol. The van der Waals surface area contributed by atoms with Crippen molar-refractivity contribution in [1.82, 2.24) is 9.71 Å². The number of anilines is 2. The molecule has 5 rings (SSSR count). The van der Waals surface area contributed by atoms with Crippen molar-refractivity contribution in [3.05, 3.63) is 53.0 Å². The van der Waals surface area contributed by atoms with Crippen LogP contribution in [0.5, 0.6) is 0 Å². The second-order valence-corrected chi connectivity index (χ2v) is 8.61. The number of aromatic amines is 1. The molecule has 28 heavy (non-hydrogen) atoms. The van der Waals surface area contributed by atoms with E-state index >= 15 is 0 Å². The molecule has 0 aliphatic carbocycles. The van der Waals surface area contributed by atoms with E-state index in [4.69, 9.17) is 4.42 Å². The highest BCUT2D eigenvalue weighted by Gasteiger charge is 2.42. The quantitative estimate of drug-likeness (QED) is 0.602. The van der Waals surface area contributed by atoms with Crippen LogP contribution in [0, 0.1) is 0 Å². The van der Waals surface area contributed by atoms with Crippen LogP contribution in [0.3, 0.4) is 0 Å². The average Bonchev–Trinajstić information content (AvgIpc) is 3.23. The van der Waals surface area contributed by atoms with Gasteiger partial charge in [-0.2, -0.15) is 0 Å². The molecule has 2 aliphatic rings. The number of H-pyrrole nitrogens is 1. The van der Waals surface area contributed by atoms with Crippen LogP contribution in [0.2, 0.25) is 0 Å². The van der Waals surface area contributed by atoms with Crippen LogP contribution in [0.4, 0.5) is 11.4 Å². The minimum absolute atomic E-state index is 0.0202. The number of para-hydroxylation sites is 2. The summed E-state index contributed by atoms with van der Waals surface area (Å²) in [5.74, 6) is -0.785. The number of fused-ring (bicyclic) bond motifs is 4. The molecule has 9 nitrogen and oxygen atoms in total. The van der Waals surface area contributed by atoms with Crippen molar-refractivity contribution < 1.29 is 17.6 Å². The summed E-state index contributed by atoms with van der Waals surface area (Å²) in [6.45, 7) is 0.388. The Morgan fingerprint density at radius 1 is 1.14 bits per heavy atom. The lowest BCUT2D eigenvalue weighted by Gasteiger charge is -2.32. The van der Waals surface area contributed by atoms with E-state index in [0.29, 0.717) is 18.5 Å². The van der Waals surface area contributed by atoms with Crippen LogP contribution in [-0.4, -0.2) is 37.9 Å². The predicted molar refractivity (Wildman–Crippen MR) is 102 cm³/mol.